The van der Waals surface area contributed by atoms with Gasteiger partial charge >= 0.3 is 0 Å². The summed E-state index contributed by atoms with van der Waals surface area (Å²) < 4.78 is 1.77. The van der Waals surface area contributed by atoms with Crippen LogP contribution in [0.15, 0.2) is 18.5 Å². The Morgan fingerprint density at radius 2 is 1.93 bits per heavy atom. The smallest absolute Gasteiger partial charge is 0.247 e. The fraction of sp³-hybridized carbons (Fsp3) is 0.571. The number of aryl methyl sites for hydroxylation is 1. The maximum Gasteiger partial charge on any atom is 0.247 e. The molecule has 8 nitrogen and oxygen atoms in total. The third-order valence-corrected chi connectivity index (χ3v) is 6.16. The summed E-state index contributed by atoms with van der Waals surface area (Å²) in [6.45, 7) is 8.22. The second-order valence-corrected chi connectivity index (χ2v) is 8.08. The molecule has 0 radical (unpaired) electrons. The average Bonchev–Trinajstić information content (AvgIpc) is 3.17. The molecule has 4 heterocycles. The number of aromatic nitrogens is 4. The monoisotopic (exact) mass is 396 g/mol. The van der Waals surface area contributed by atoms with E-state index in [0.29, 0.717) is 19.0 Å². The van der Waals surface area contributed by atoms with Crippen molar-refractivity contribution < 1.29 is 9.59 Å². The molecule has 1 unspecified atom stereocenters. The summed E-state index contributed by atoms with van der Waals surface area (Å²) in [5.74, 6) is 1.40. The Morgan fingerprint density at radius 1 is 1.17 bits per heavy atom. The first-order valence-electron chi connectivity index (χ1n) is 10.3. The highest BCUT2D eigenvalue weighted by Gasteiger charge is 2.29. The number of carbonyl (C=O) groups is 2. The molecule has 2 aliphatic heterocycles. The molecule has 2 aliphatic rings. The molecule has 2 aromatic rings. The predicted octanol–water partition coefficient (Wildman–Crippen LogP) is 1.85. The highest BCUT2D eigenvalue weighted by atomic mass is 16.2. The van der Waals surface area contributed by atoms with E-state index in [1.165, 1.54) is 0 Å². The van der Waals surface area contributed by atoms with Crippen LogP contribution in [0.1, 0.15) is 61.4 Å². The lowest BCUT2D eigenvalue weighted by Crippen LogP contribution is -2.41. The molecule has 2 aromatic heterocycles. The summed E-state index contributed by atoms with van der Waals surface area (Å²) >= 11 is 0. The van der Waals surface area contributed by atoms with E-state index in [1.54, 1.807) is 17.8 Å². The van der Waals surface area contributed by atoms with Crippen LogP contribution < -0.4 is 0 Å². The van der Waals surface area contributed by atoms with E-state index in [9.17, 15) is 9.59 Å². The largest absolute Gasteiger partial charge is 0.343 e. The van der Waals surface area contributed by atoms with E-state index < -0.39 is 0 Å². The lowest BCUT2D eigenvalue weighted by molar-refractivity contribution is -0.135. The van der Waals surface area contributed by atoms with Crippen molar-refractivity contribution in [3.05, 3.63) is 41.2 Å². The number of fused-ring (bicyclic) bond motifs is 1. The maximum atomic E-state index is 13.0. The highest BCUT2D eigenvalue weighted by Crippen LogP contribution is 2.27. The van der Waals surface area contributed by atoms with Crippen molar-refractivity contribution in [2.75, 3.05) is 19.6 Å². The minimum absolute atomic E-state index is 0.0723. The average molecular weight is 396 g/mol. The van der Waals surface area contributed by atoms with Crippen LogP contribution in [0.25, 0.3) is 0 Å². The number of piperidine rings is 1. The summed E-state index contributed by atoms with van der Waals surface area (Å²) in [5, 5.41) is 4.28. The molecule has 29 heavy (non-hydrogen) atoms. The number of likely N-dealkylation sites (tertiary alicyclic amines) is 1. The SMILES string of the molecule is CC(=O)N1CCC(c2ncc3c(n2)CCN(C(=O)C(C)n2nccc2C)C3)CC1. The third-order valence-electron chi connectivity index (χ3n) is 6.16. The molecule has 4 rings (SSSR count). The predicted molar refractivity (Wildman–Crippen MR) is 107 cm³/mol. The topological polar surface area (TPSA) is 84.2 Å². The van der Waals surface area contributed by atoms with E-state index in [-0.39, 0.29) is 17.9 Å². The standard InChI is InChI=1S/C21H28N6O2/c1-14-4-8-23-27(14)15(2)21(29)26-11-7-19-18(13-26)12-22-20(24-19)17-5-9-25(10-6-17)16(3)28/h4,8,12,15,17H,5-7,9-11,13H2,1-3H3. The summed E-state index contributed by atoms with van der Waals surface area (Å²) in [6, 6.07) is 1.59. The van der Waals surface area contributed by atoms with Gasteiger partial charge in [-0.15, -0.1) is 0 Å². The van der Waals surface area contributed by atoms with Crippen LogP contribution in [-0.4, -0.2) is 61.0 Å². The van der Waals surface area contributed by atoms with Gasteiger partial charge in [0.05, 0.1) is 5.69 Å². The van der Waals surface area contributed by atoms with Gasteiger partial charge in [-0.1, -0.05) is 0 Å². The molecule has 0 saturated carbocycles. The van der Waals surface area contributed by atoms with Gasteiger partial charge in [0.25, 0.3) is 0 Å². The minimum Gasteiger partial charge on any atom is -0.343 e. The van der Waals surface area contributed by atoms with Gasteiger partial charge in [0.2, 0.25) is 11.8 Å². The normalized spacial score (nSPS) is 18.4. The summed E-state index contributed by atoms with van der Waals surface area (Å²) in [5.41, 5.74) is 3.06. The first-order valence-corrected chi connectivity index (χ1v) is 10.3. The summed E-state index contributed by atoms with van der Waals surface area (Å²) in [4.78, 5) is 37.7. The summed E-state index contributed by atoms with van der Waals surface area (Å²) in [7, 11) is 0. The van der Waals surface area contributed by atoms with Gasteiger partial charge in [0.15, 0.2) is 0 Å². The Kier molecular flexibility index (Phi) is 5.34. The molecule has 0 N–H and O–H groups in total. The van der Waals surface area contributed by atoms with Crippen molar-refractivity contribution in [1.29, 1.82) is 0 Å². The minimum atomic E-state index is -0.321. The number of hydrogen-bond donors (Lipinski definition) is 0. The maximum absolute atomic E-state index is 13.0. The Morgan fingerprint density at radius 3 is 2.59 bits per heavy atom. The van der Waals surface area contributed by atoms with Crippen molar-refractivity contribution >= 4 is 11.8 Å². The Bertz CT molecular complexity index is 916. The van der Waals surface area contributed by atoms with Crippen LogP contribution in [0, 0.1) is 6.92 Å². The van der Waals surface area contributed by atoms with Crippen molar-refractivity contribution in [3.63, 3.8) is 0 Å². The van der Waals surface area contributed by atoms with Gasteiger partial charge in [0, 0.05) is 69.1 Å². The van der Waals surface area contributed by atoms with Gasteiger partial charge in [-0.25, -0.2) is 9.97 Å². The second-order valence-electron chi connectivity index (χ2n) is 8.08. The zero-order valence-electron chi connectivity index (χ0n) is 17.3. The quantitative estimate of drug-likeness (QED) is 0.791. The van der Waals surface area contributed by atoms with Crippen molar-refractivity contribution in [1.82, 2.24) is 29.5 Å². The van der Waals surface area contributed by atoms with Crippen LogP contribution in [-0.2, 0) is 22.6 Å². The third kappa shape index (κ3) is 3.88. The highest BCUT2D eigenvalue weighted by molar-refractivity contribution is 5.80. The summed E-state index contributed by atoms with van der Waals surface area (Å²) in [6.07, 6.45) is 6.17. The number of amides is 2. The Balaban J connectivity index is 1.43. The molecule has 0 spiro atoms. The van der Waals surface area contributed by atoms with E-state index in [4.69, 9.17) is 4.98 Å². The van der Waals surface area contributed by atoms with Crippen LogP contribution in [0.2, 0.25) is 0 Å². The van der Waals surface area contributed by atoms with Crippen LogP contribution >= 0.6 is 0 Å². The zero-order valence-corrected chi connectivity index (χ0v) is 17.3. The molecule has 8 heteroatoms. The molecule has 2 amide bonds. The van der Waals surface area contributed by atoms with Gasteiger partial charge in [0.1, 0.15) is 11.9 Å². The molecule has 1 saturated heterocycles. The van der Waals surface area contributed by atoms with Gasteiger partial charge in [-0.3, -0.25) is 14.3 Å². The Labute approximate surface area is 170 Å². The molecule has 0 aromatic carbocycles. The number of nitrogens with zero attached hydrogens (tertiary/aromatic N) is 6. The molecule has 154 valence electrons. The van der Waals surface area contributed by atoms with E-state index in [0.717, 1.165) is 55.1 Å². The van der Waals surface area contributed by atoms with Crippen LogP contribution in [0.5, 0.6) is 0 Å². The lowest BCUT2D eigenvalue weighted by Gasteiger charge is -2.32. The first kappa shape index (κ1) is 19.5. The van der Waals surface area contributed by atoms with Crippen molar-refractivity contribution in [2.45, 2.75) is 58.5 Å². The van der Waals surface area contributed by atoms with Gasteiger partial charge < -0.3 is 9.80 Å². The zero-order chi connectivity index (χ0) is 20.5. The molecular formula is C21H28N6O2. The fourth-order valence-corrected chi connectivity index (χ4v) is 4.32. The first-order chi connectivity index (χ1) is 13.9. The van der Waals surface area contributed by atoms with Crippen LogP contribution in [0.4, 0.5) is 0 Å². The number of hydrogen-bond acceptors (Lipinski definition) is 5. The molecule has 0 bridgehead atoms. The van der Waals surface area contributed by atoms with E-state index in [1.807, 2.05) is 35.9 Å². The van der Waals surface area contributed by atoms with Gasteiger partial charge in [-0.2, -0.15) is 5.10 Å². The van der Waals surface area contributed by atoms with Gasteiger partial charge in [-0.05, 0) is 32.8 Å². The van der Waals surface area contributed by atoms with E-state index >= 15 is 0 Å². The number of carbonyl (C=O) groups excluding carboxylic acids is 2. The number of rotatable bonds is 3. The van der Waals surface area contributed by atoms with E-state index in [2.05, 4.69) is 10.1 Å². The Hall–Kier alpha value is -2.77. The lowest BCUT2D eigenvalue weighted by atomic mass is 9.95. The molecule has 0 aliphatic carbocycles. The van der Waals surface area contributed by atoms with Crippen molar-refractivity contribution in [2.24, 2.45) is 0 Å². The molecule has 1 atom stereocenters. The molecular weight excluding hydrogens is 368 g/mol. The fourth-order valence-electron chi connectivity index (χ4n) is 4.32. The second kappa shape index (κ2) is 7.93. The van der Waals surface area contributed by atoms with Crippen LogP contribution in [0.3, 0.4) is 0 Å². The molecule has 1 fully saturated rings. The van der Waals surface area contributed by atoms with Crippen molar-refractivity contribution in [3.8, 4) is 0 Å².